The van der Waals surface area contributed by atoms with Gasteiger partial charge in [-0.05, 0) is 11.5 Å². The van der Waals surface area contributed by atoms with Crippen LogP contribution in [0.5, 0.6) is 0 Å². The second kappa shape index (κ2) is 3.51. The molecule has 0 unspecified atom stereocenters. The molecule has 0 fully saturated rings. The Morgan fingerprint density at radius 3 is 2.54 bits per heavy atom. The maximum absolute atomic E-state index is 8.98. The normalized spacial score (nSPS) is 11.8. The molecule has 72 valence electrons. The Hall–Kier alpha value is -0.805. The van der Waals surface area contributed by atoms with Crippen molar-refractivity contribution in [3.63, 3.8) is 0 Å². The highest BCUT2D eigenvalue weighted by molar-refractivity contribution is 6.57. The van der Waals surface area contributed by atoms with Gasteiger partial charge in [0.2, 0.25) is 0 Å². The lowest BCUT2D eigenvalue weighted by Gasteiger charge is -2.19. The fourth-order valence-electron chi connectivity index (χ4n) is 1.14. The van der Waals surface area contributed by atoms with Crippen LogP contribution in [0.15, 0.2) is 12.3 Å². The molecule has 0 aliphatic rings. The Morgan fingerprint density at radius 2 is 2.08 bits per heavy atom. The van der Waals surface area contributed by atoms with Crippen LogP contribution in [0.25, 0.3) is 0 Å². The van der Waals surface area contributed by atoms with Crippen molar-refractivity contribution in [3.05, 3.63) is 12.3 Å². The van der Waals surface area contributed by atoms with E-state index in [1.807, 2.05) is 0 Å². The van der Waals surface area contributed by atoms with Crippen molar-refractivity contribution in [1.29, 1.82) is 0 Å². The smallest absolute Gasteiger partial charge is 0.422 e. The van der Waals surface area contributed by atoms with Crippen LogP contribution in [-0.2, 0) is 6.54 Å². The number of aromatic nitrogens is 2. The van der Waals surface area contributed by atoms with Crippen molar-refractivity contribution in [2.75, 3.05) is 0 Å². The fourth-order valence-corrected chi connectivity index (χ4v) is 1.14. The van der Waals surface area contributed by atoms with E-state index in [-0.39, 0.29) is 5.41 Å². The third kappa shape index (κ3) is 2.86. The first-order valence-corrected chi connectivity index (χ1v) is 4.28. The molecule has 4 nitrogen and oxygen atoms in total. The number of nitrogens with zero attached hydrogens (tertiary/aromatic N) is 2. The predicted octanol–water partition coefficient (Wildman–Crippen LogP) is -0.391. The first kappa shape index (κ1) is 10.3. The molecular weight excluding hydrogens is 167 g/mol. The van der Waals surface area contributed by atoms with Gasteiger partial charge >= 0.3 is 7.12 Å². The van der Waals surface area contributed by atoms with Gasteiger partial charge in [-0.2, -0.15) is 5.10 Å². The van der Waals surface area contributed by atoms with Gasteiger partial charge in [-0.15, -0.1) is 0 Å². The second-order valence-electron chi connectivity index (χ2n) is 4.35. The summed E-state index contributed by atoms with van der Waals surface area (Å²) in [6.45, 7) is 6.89. The van der Waals surface area contributed by atoms with E-state index in [9.17, 15) is 0 Å². The molecular formula is C8H15BN2O2. The van der Waals surface area contributed by atoms with Crippen LogP contribution in [0.3, 0.4) is 0 Å². The van der Waals surface area contributed by atoms with E-state index >= 15 is 0 Å². The highest BCUT2D eigenvalue weighted by atomic mass is 16.4. The Kier molecular flexibility index (Phi) is 2.78. The average Bonchev–Trinajstić information content (AvgIpc) is 2.31. The van der Waals surface area contributed by atoms with Gasteiger partial charge in [0.05, 0.1) is 5.59 Å². The van der Waals surface area contributed by atoms with Gasteiger partial charge in [0.1, 0.15) is 0 Å². The lowest BCUT2D eigenvalue weighted by molar-refractivity contribution is 0.325. The van der Waals surface area contributed by atoms with Gasteiger partial charge in [-0.25, -0.2) is 0 Å². The number of rotatable bonds is 2. The Balaban J connectivity index is 2.83. The summed E-state index contributed by atoms with van der Waals surface area (Å²) in [5.74, 6) is 0. The Labute approximate surface area is 78.3 Å². The summed E-state index contributed by atoms with van der Waals surface area (Å²) >= 11 is 0. The van der Waals surface area contributed by atoms with Crippen molar-refractivity contribution >= 4 is 12.7 Å². The summed E-state index contributed by atoms with van der Waals surface area (Å²) in [6.07, 6.45) is 1.57. The molecule has 0 aliphatic heterocycles. The lowest BCUT2D eigenvalue weighted by Crippen LogP contribution is -2.38. The van der Waals surface area contributed by atoms with E-state index in [1.54, 1.807) is 16.9 Å². The molecule has 5 heteroatoms. The molecule has 0 radical (unpaired) electrons. The van der Waals surface area contributed by atoms with Crippen LogP contribution < -0.4 is 5.59 Å². The molecule has 2 N–H and O–H groups in total. The van der Waals surface area contributed by atoms with Crippen molar-refractivity contribution in [3.8, 4) is 0 Å². The first-order chi connectivity index (χ1) is 5.90. The summed E-state index contributed by atoms with van der Waals surface area (Å²) in [5.41, 5.74) is 0.519. The molecule has 13 heavy (non-hydrogen) atoms. The maximum Gasteiger partial charge on any atom is 0.507 e. The fraction of sp³-hybridized carbons (Fsp3) is 0.625. The van der Waals surface area contributed by atoms with E-state index < -0.39 is 7.12 Å². The molecule has 0 bridgehead atoms. The molecule has 0 spiro atoms. The van der Waals surface area contributed by atoms with Crippen LogP contribution >= 0.6 is 0 Å². The molecule has 0 aromatic carbocycles. The van der Waals surface area contributed by atoms with Gasteiger partial charge in [0.15, 0.2) is 0 Å². The average molecular weight is 182 g/mol. The third-order valence-corrected chi connectivity index (χ3v) is 1.64. The molecule has 0 atom stereocenters. The molecule has 1 rings (SSSR count). The van der Waals surface area contributed by atoms with Crippen LogP contribution in [0, 0.1) is 5.41 Å². The van der Waals surface area contributed by atoms with Crippen LogP contribution in [0.2, 0.25) is 0 Å². The van der Waals surface area contributed by atoms with E-state index in [1.165, 1.54) is 0 Å². The van der Waals surface area contributed by atoms with Crippen LogP contribution in [-0.4, -0.2) is 26.9 Å². The zero-order valence-electron chi connectivity index (χ0n) is 8.23. The van der Waals surface area contributed by atoms with Crippen LogP contribution in [0.4, 0.5) is 0 Å². The molecule has 1 heterocycles. The van der Waals surface area contributed by atoms with Crippen LogP contribution in [0.1, 0.15) is 20.8 Å². The molecule has 1 aromatic rings. The maximum atomic E-state index is 8.98. The highest BCUT2D eigenvalue weighted by Crippen LogP contribution is 2.14. The molecule has 0 saturated heterocycles. The topological polar surface area (TPSA) is 58.3 Å². The summed E-state index contributed by atoms with van der Waals surface area (Å²) in [7, 11) is -1.44. The summed E-state index contributed by atoms with van der Waals surface area (Å²) in [4.78, 5) is 0. The predicted molar refractivity (Wildman–Crippen MR) is 51.5 cm³/mol. The van der Waals surface area contributed by atoms with Gasteiger partial charge < -0.3 is 10.0 Å². The summed E-state index contributed by atoms with van der Waals surface area (Å²) < 4.78 is 1.62. The minimum absolute atomic E-state index is 0.0790. The van der Waals surface area contributed by atoms with Crippen molar-refractivity contribution in [1.82, 2.24) is 9.78 Å². The monoisotopic (exact) mass is 182 g/mol. The van der Waals surface area contributed by atoms with E-state index in [0.717, 1.165) is 0 Å². The molecule has 0 aliphatic carbocycles. The zero-order chi connectivity index (χ0) is 10.1. The molecule has 1 aromatic heterocycles. The van der Waals surface area contributed by atoms with Gasteiger partial charge in [0, 0.05) is 12.7 Å². The second-order valence-corrected chi connectivity index (χ2v) is 4.35. The Morgan fingerprint density at radius 1 is 1.46 bits per heavy atom. The minimum atomic E-state index is -1.44. The largest absolute Gasteiger partial charge is 0.507 e. The number of hydrogen-bond donors (Lipinski definition) is 2. The first-order valence-electron chi connectivity index (χ1n) is 4.28. The zero-order valence-corrected chi connectivity index (χ0v) is 8.23. The van der Waals surface area contributed by atoms with Gasteiger partial charge in [-0.1, -0.05) is 20.8 Å². The Bertz CT molecular complexity index is 278. The third-order valence-electron chi connectivity index (χ3n) is 1.64. The van der Waals surface area contributed by atoms with Gasteiger partial charge in [-0.3, -0.25) is 4.68 Å². The summed E-state index contributed by atoms with van der Waals surface area (Å²) in [5, 5.41) is 22.0. The van der Waals surface area contributed by atoms with E-state index in [2.05, 4.69) is 25.9 Å². The van der Waals surface area contributed by atoms with Crippen molar-refractivity contribution in [2.45, 2.75) is 27.3 Å². The number of hydrogen-bond acceptors (Lipinski definition) is 3. The molecule has 0 amide bonds. The highest BCUT2D eigenvalue weighted by Gasteiger charge is 2.20. The SMILES string of the molecule is CC(C)(C)Cn1nccc1B(O)O. The van der Waals surface area contributed by atoms with Gasteiger partial charge in [0.25, 0.3) is 0 Å². The van der Waals surface area contributed by atoms with Crippen molar-refractivity contribution < 1.29 is 10.0 Å². The quantitative estimate of drug-likeness (QED) is 0.612. The minimum Gasteiger partial charge on any atom is -0.422 e. The lowest BCUT2D eigenvalue weighted by atomic mass is 9.85. The van der Waals surface area contributed by atoms with E-state index in [0.29, 0.717) is 12.1 Å². The molecule has 0 saturated carbocycles. The van der Waals surface area contributed by atoms with E-state index in [4.69, 9.17) is 10.0 Å². The summed E-state index contributed by atoms with van der Waals surface area (Å²) in [6, 6.07) is 1.61. The standard InChI is InChI=1S/C8H15BN2O2/c1-8(2,3)6-11-7(9(12)13)4-5-10-11/h4-5,12-13H,6H2,1-3H3. The van der Waals surface area contributed by atoms with Crippen molar-refractivity contribution in [2.24, 2.45) is 5.41 Å².